The molecule has 0 amide bonds. The molecule has 0 unspecified atom stereocenters. The number of rotatable bonds is 2. The van der Waals surface area contributed by atoms with Crippen LogP contribution < -0.4 is 4.74 Å². The molecule has 0 aliphatic carbocycles. The van der Waals surface area contributed by atoms with Gasteiger partial charge in [0.2, 0.25) is 0 Å². The molecular weight excluding hydrogens is 300 g/mol. The maximum absolute atomic E-state index is 8.57. The third-order valence-corrected chi connectivity index (χ3v) is 2.56. The lowest BCUT2D eigenvalue weighted by molar-refractivity contribution is 0.410. The molecule has 2 nitrogen and oxygen atoms in total. The van der Waals surface area contributed by atoms with E-state index < -0.39 is 0 Å². The Morgan fingerprint density at radius 3 is 2.85 bits per heavy atom. The summed E-state index contributed by atoms with van der Waals surface area (Å²) < 4.78 is 6.12. The second-order valence-corrected chi connectivity index (χ2v) is 4.06. The number of hydrogen-bond donors (Lipinski definition) is 0. The van der Waals surface area contributed by atoms with Gasteiger partial charge in [0, 0.05) is 14.2 Å². The van der Waals surface area contributed by atoms with Gasteiger partial charge in [-0.05, 0) is 34.7 Å². The van der Waals surface area contributed by atoms with Crippen LogP contribution in [-0.4, -0.2) is 7.11 Å². The van der Waals surface area contributed by atoms with Crippen molar-refractivity contribution in [2.24, 2.45) is 0 Å². The van der Waals surface area contributed by atoms with E-state index in [4.69, 9.17) is 21.6 Å². The average Bonchev–Trinajstić information content (AvgIpc) is 2.09. The molecule has 0 aliphatic heterocycles. The minimum absolute atomic E-state index is 0.277. The summed E-state index contributed by atoms with van der Waals surface area (Å²) in [6, 6.07) is 5.73. The van der Waals surface area contributed by atoms with Gasteiger partial charge < -0.3 is 4.74 Å². The number of methoxy groups -OCH3 is 1. The molecule has 0 N–H and O–H groups in total. The standard InChI is InChI=1S/C9H7ClINO/c1-13-9-5-6(11)4-8(10)7(9)2-3-12/h4-5H,2H2,1H3. The van der Waals surface area contributed by atoms with E-state index in [-0.39, 0.29) is 6.42 Å². The van der Waals surface area contributed by atoms with Gasteiger partial charge in [0.1, 0.15) is 5.75 Å². The van der Waals surface area contributed by atoms with E-state index in [9.17, 15) is 0 Å². The van der Waals surface area contributed by atoms with Gasteiger partial charge in [-0.1, -0.05) is 11.6 Å². The lowest BCUT2D eigenvalue weighted by Crippen LogP contribution is -1.93. The lowest BCUT2D eigenvalue weighted by atomic mass is 10.1. The Balaban J connectivity index is 3.23. The third-order valence-electron chi connectivity index (χ3n) is 1.60. The third kappa shape index (κ3) is 2.48. The molecular formula is C9H7ClINO. The van der Waals surface area contributed by atoms with Crippen LogP contribution >= 0.6 is 34.2 Å². The van der Waals surface area contributed by atoms with Crippen LogP contribution in [0.4, 0.5) is 0 Å². The highest BCUT2D eigenvalue weighted by Gasteiger charge is 2.08. The van der Waals surface area contributed by atoms with Gasteiger partial charge in [-0.25, -0.2) is 0 Å². The van der Waals surface area contributed by atoms with Gasteiger partial charge >= 0.3 is 0 Å². The van der Waals surface area contributed by atoms with E-state index >= 15 is 0 Å². The fourth-order valence-corrected chi connectivity index (χ4v) is 2.07. The number of halogens is 2. The van der Waals surface area contributed by atoms with E-state index in [1.54, 1.807) is 7.11 Å². The first-order chi connectivity index (χ1) is 6.19. The zero-order valence-electron chi connectivity index (χ0n) is 6.97. The normalized spacial score (nSPS) is 9.38. The molecule has 0 radical (unpaired) electrons. The molecule has 0 heterocycles. The first-order valence-corrected chi connectivity index (χ1v) is 5.03. The van der Waals surface area contributed by atoms with Gasteiger partial charge in [0.05, 0.1) is 19.6 Å². The van der Waals surface area contributed by atoms with E-state index in [0.717, 1.165) is 9.13 Å². The average molecular weight is 308 g/mol. The van der Waals surface area contributed by atoms with Crippen molar-refractivity contribution in [3.05, 3.63) is 26.3 Å². The Labute approximate surface area is 95.6 Å². The largest absolute Gasteiger partial charge is 0.496 e. The summed E-state index contributed by atoms with van der Waals surface area (Å²) in [5.74, 6) is 0.679. The van der Waals surface area contributed by atoms with Gasteiger partial charge in [0.15, 0.2) is 0 Å². The number of hydrogen-bond acceptors (Lipinski definition) is 2. The van der Waals surface area contributed by atoms with Crippen LogP contribution in [0.25, 0.3) is 0 Å². The summed E-state index contributed by atoms with van der Waals surface area (Å²) in [5.41, 5.74) is 0.757. The van der Waals surface area contributed by atoms with Gasteiger partial charge in [-0.3, -0.25) is 0 Å². The van der Waals surface area contributed by atoms with Crippen LogP contribution in [0.2, 0.25) is 5.02 Å². The van der Waals surface area contributed by atoms with Crippen LogP contribution in [0.5, 0.6) is 5.75 Å². The fraction of sp³-hybridized carbons (Fsp3) is 0.222. The zero-order chi connectivity index (χ0) is 9.84. The summed E-state index contributed by atoms with van der Waals surface area (Å²) in [7, 11) is 1.57. The smallest absolute Gasteiger partial charge is 0.125 e. The summed E-state index contributed by atoms with van der Waals surface area (Å²) in [6.07, 6.45) is 0.277. The summed E-state index contributed by atoms with van der Waals surface area (Å²) >= 11 is 8.11. The molecule has 13 heavy (non-hydrogen) atoms. The Bertz CT molecular complexity index is 359. The Morgan fingerprint density at radius 2 is 2.31 bits per heavy atom. The summed E-state index contributed by atoms with van der Waals surface area (Å²) in [4.78, 5) is 0. The molecule has 0 aromatic heterocycles. The molecule has 1 rings (SSSR count). The first kappa shape index (κ1) is 10.6. The van der Waals surface area contributed by atoms with Crippen molar-refractivity contribution in [1.82, 2.24) is 0 Å². The topological polar surface area (TPSA) is 33.0 Å². The highest BCUT2D eigenvalue weighted by atomic mass is 127. The highest BCUT2D eigenvalue weighted by Crippen LogP contribution is 2.29. The fourth-order valence-electron chi connectivity index (χ4n) is 1.01. The van der Waals surface area contributed by atoms with E-state index in [1.807, 2.05) is 12.1 Å². The van der Waals surface area contributed by atoms with E-state index in [0.29, 0.717) is 10.8 Å². The summed E-state index contributed by atoms with van der Waals surface area (Å²) in [5, 5.41) is 9.16. The molecule has 0 bridgehead atoms. The van der Waals surface area contributed by atoms with Gasteiger partial charge in [0.25, 0.3) is 0 Å². The Morgan fingerprint density at radius 1 is 1.62 bits per heavy atom. The van der Waals surface area contributed by atoms with E-state index in [1.165, 1.54) is 0 Å². The highest BCUT2D eigenvalue weighted by molar-refractivity contribution is 14.1. The second-order valence-electron chi connectivity index (χ2n) is 2.40. The van der Waals surface area contributed by atoms with E-state index in [2.05, 4.69) is 28.7 Å². The van der Waals surface area contributed by atoms with Crippen LogP contribution in [0.1, 0.15) is 5.56 Å². The van der Waals surface area contributed by atoms with Crippen molar-refractivity contribution in [3.8, 4) is 11.8 Å². The Kier molecular flexibility index (Phi) is 3.82. The van der Waals surface area contributed by atoms with Crippen molar-refractivity contribution < 1.29 is 4.74 Å². The zero-order valence-corrected chi connectivity index (χ0v) is 9.89. The lowest BCUT2D eigenvalue weighted by Gasteiger charge is -2.07. The van der Waals surface area contributed by atoms with Crippen LogP contribution in [0, 0.1) is 14.9 Å². The molecule has 0 fully saturated rings. The van der Waals surface area contributed by atoms with Gasteiger partial charge in [-0.2, -0.15) is 5.26 Å². The number of nitriles is 1. The quantitative estimate of drug-likeness (QED) is 0.787. The predicted molar refractivity (Wildman–Crippen MR) is 60.0 cm³/mol. The maximum atomic E-state index is 8.57. The molecule has 0 spiro atoms. The number of ether oxygens (including phenoxy) is 1. The Hall–Kier alpha value is -0.470. The van der Waals surface area contributed by atoms with Crippen LogP contribution in [-0.2, 0) is 6.42 Å². The van der Waals surface area contributed by atoms with Crippen molar-refractivity contribution in [3.63, 3.8) is 0 Å². The van der Waals surface area contributed by atoms with Crippen molar-refractivity contribution in [2.75, 3.05) is 7.11 Å². The predicted octanol–water partition coefficient (Wildman–Crippen LogP) is 3.02. The van der Waals surface area contributed by atoms with Crippen LogP contribution in [0.15, 0.2) is 12.1 Å². The molecule has 1 aromatic rings. The van der Waals surface area contributed by atoms with Crippen LogP contribution in [0.3, 0.4) is 0 Å². The minimum atomic E-state index is 0.277. The molecule has 1 aromatic carbocycles. The van der Waals surface area contributed by atoms with Crippen molar-refractivity contribution >= 4 is 34.2 Å². The molecule has 0 aliphatic rings. The number of nitrogens with zero attached hydrogens (tertiary/aromatic N) is 1. The monoisotopic (exact) mass is 307 g/mol. The molecule has 4 heteroatoms. The molecule has 68 valence electrons. The molecule has 0 atom stereocenters. The van der Waals surface area contributed by atoms with Gasteiger partial charge in [-0.15, -0.1) is 0 Å². The molecule has 0 saturated carbocycles. The minimum Gasteiger partial charge on any atom is -0.496 e. The summed E-state index contributed by atoms with van der Waals surface area (Å²) in [6.45, 7) is 0. The van der Waals surface area contributed by atoms with Crippen molar-refractivity contribution in [1.29, 1.82) is 5.26 Å². The number of benzene rings is 1. The first-order valence-electron chi connectivity index (χ1n) is 3.58. The maximum Gasteiger partial charge on any atom is 0.125 e. The molecule has 0 saturated heterocycles. The second kappa shape index (κ2) is 4.68. The SMILES string of the molecule is COc1cc(I)cc(Cl)c1CC#N. The van der Waals surface area contributed by atoms with Crippen molar-refractivity contribution in [2.45, 2.75) is 6.42 Å².